The molecule has 0 bridgehead atoms. The Morgan fingerprint density at radius 3 is 1.43 bits per heavy atom. The number of carboxylic acid groups (broad SMARTS) is 1. The van der Waals surface area contributed by atoms with Gasteiger partial charge in [0.2, 0.25) is 0 Å². The molecule has 0 aliphatic carbocycles. The SMILES string of the molecule is Br.CCCCCCCCCCCCCCC(C(=O)O)[n+]1ccc(C(CC(=O)c2ccccc2)CC(=O)c2ccccc2)cc1. The van der Waals surface area contributed by atoms with Gasteiger partial charge < -0.3 is 5.11 Å². The fraction of sp³-hybridized carbons (Fsp3) is 0.474. The van der Waals surface area contributed by atoms with Gasteiger partial charge in [0.25, 0.3) is 6.04 Å². The molecular formula is C38H51BrNO4+. The summed E-state index contributed by atoms with van der Waals surface area (Å²) in [6.07, 6.45) is 19.5. The number of Topliss-reactive ketones (excluding diaryl/α,β-unsaturated/α-hetero) is 2. The van der Waals surface area contributed by atoms with Crippen LogP contribution < -0.4 is 4.57 Å². The van der Waals surface area contributed by atoms with Crippen molar-refractivity contribution in [2.24, 2.45) is 0 Å². The van der Waals surface area contributed by atoms with Gasteiger partial charge in [0.05, 0.1) is 0 Å². The van der Waals surface area contributed by atoms with E-state index in [1.807, 2.05) is 48.5 Å². The van der Waals surface area contributed by atoms with Gasteiger partial charge in [-0.2, -0.15) is 4.57 Å². The van der Waals surface area contributed by atoms with Gasteiger partial charge in [-0.1, -0.05) is 138 Å². The first-order valence-corrected chi connectivity index (χ1v) is 16.4. The number of carboxylic acids is 1. The molecule has 6 heteroatoms. The predicted molar refractivity (Wildman–Crippen MR) is 183 cm³/mol. The van der Waals surface area contributed by atoms with E-state index in [1.54, 1.807) is 41.2 Å². The van der Waals surface area contributed by atoms with Crippen LogP contribution in [0, 0.1) is 0 Å². The number of aromatic nitrogens is 1. The molecule has 0 aliphatic heterocycles. The minimum Gasteiger partial charge on any atom is -0.476 e. The number of carbonyl (C=O) groups excluding carboxylic acids is 2. The van der Waals surface area contributed by atoms with Gasteiger partial charge in [-0.25, -0.2) is 4.79 Å². The first kappa shape index (κ1) is 37.1. The van der Waals surface area contributed by atoms with Crippen LogP contribution in [0.4, 0.5) is 0 Å². The lowest BCUT2D eigenvalue weighted by Crippen LogP contribution is -2.43. The van der Waals surface area contributed by atoms with E-state index in [0.717, 1.165) is 24.8 Å². The summed E-state index contributed by atoms with van der Waals surface area (Å²) < 4.78 is 1.75. The van der Waals surface area contributed by atoms with E-state index in [2.05, 4.69) is 6.92 Å². The largest absolute Gasteiger partial charge is 0.476 e. The molecule has 0 radical (unpaired) electrons. The average Bonchev–Trinajstić information content (AvgIpc) is 3.03. The van der Waals surface area contributed by atoms with Crippen molar-refractivity contribution in [1.29, 1.82) is 0 Å². The van der Waals surface area contributed by atoms with Crippen molar-refractivity contribution in [3.05, 3.63) is 102 Å². The normalized spacial score (nSPS) is 11.6. The highest BCUT2D eigenvalue weighted by atomic mass is 79.9. The molecule has 238 valence electrons. The number of nitrogens with zero attached hydrogens (tertiary/aromatic N) is 1. The molecule has 44 heavy (non-hydrogen) atoms. The van der Waals surface area contributed by atoms with Crippen molar-refractivity contribution in [1.82, 2.24) is 0 Å². The molecule has 5 nitrogen and oxygen atoms in total. The van der Waals surface area contributed by atoms with Crippen LogP contribution in [0.25, 0.3) is 0 Å². The second kappa shape index (κ2) is 21.6. The van der Waals surface area contributed by atoms with E-state index in [1.165, 1.54) is 57.8 Å². The van der Waals surface area contributed by atoms with E-state index < -0.39 is 12.0 Å². The first-order valence-electron chi connectivity index (χ1n) is 16.4. The fourth-order valence-corrected chi connectivity index (χ4v) is 5.75. The number of ketones is 2. The Balaban J connectivity index is 0.00000675. The zero-order valence-corrected chi connectivity index (χ0v) is 28.1. The number of halogens is 1. The number of benzene rings is 2. The minimum absolute atomic E-state index is 0. The molecule has 0 saturated carbocycles. The molecule has 2 aromatic carbocycles. The lowest BCUT2D eigenvalue weighted by molar-refractivity contribution is -0.711. The number of rotatable bonds is 22. The Kier molecular flexibility index (Phi) is 18.2. The van der Waals surface area contributed by atoms with E-state index in [9.17, 15) is 19.5 Å². The van der Waals surface area contributed by atoms with Crippen LogP contribution in [0.2, 0.25) is 0 Å². The van der Waals surface area contributed by atoms with Gasteiger partial charge in [0.15, 0.2) is 24.0 Å². The zero-order chi connectivity index (χ0) is 30.7. The number of aliphatic carboxylic acids is 1. The summed E-state index contributed by atoms with van der Waals surface area (Å²) in [4.78, 5) is 38.4. The number of unbranched alkanes of at least 4 members (excludes halogenated alkanes) is 11. The van der Waals surface area contributed by atoms with Crippen LogP contribution in [0.5, 0.6) is 0 Å². The van der Waals surface area contributed by atoms with Crippen molar-refractivity contribution < 1.29 is 24.1 Å². The maximum Gasteiger partial charge on any atom is 0.373 e. The smallest absolute Gasteiger partial charge is 0.373 e. The molecule has 1 aromatic heterocycles. The summed E-state index contributed by atoms with van der Waals surface area (Å²) in [5.41, 5.74) is 2.11. The van der Waals surface area contributed by atoms with Gasteiger partial charge in [0.1, 0.15) is 0 Å². The van der Waals surface area contributed by atoms with Gasteiger partial charge in [-0.3, -0.25) is 9.59 Å². The number of pyridine rings is 1. The highest BCUT2D eigenvalue weighted by Gasteiger charge is 2.28. The molecule has 1 atom stereocenters. The lowest BCUT2D eigenvalue weighted by Gasteiger charge is -2.17. The molecule has 1 heterocycles. The molecule has 0 aliphatic rings. The quantitative estimate of drug-likeness (QED) is 0.0659. The zero-order valence-electron chi connectivity index (χ0n) is 26.4. The fourth-order valence-electron chi connectivity index (χ4n) is 5.75. The Morgan fingerprint density at radius 1 is 0.614 bits per heavy atom. The standard InChI is InChI=1S/C38H49NO4.BrH/c1-2-3-4-5-6-7-8-9-10-11-12-19-24-35(38(42)43)39-27-25-31(26-28-39)34(29-36(40)32-20-15-13-16-21-32)30-37(41)33-22-17-14-18-23-33;/h13-18,20-23,25-28,34-35H,2-12,19,24,29-30H2,1H3;1H/p+1. The summed E-state index contributed by atoms with van der Waals surface area (Å²) in [7, 11) is 0. The molecular weight excluding hydrogens is 614 g/mol. The number of hydrogen-bond donors (Lipinski definition) is 1. The van der Waals surface area contributed by atoms with E-state index in [-0.39, 0.29) is 47.3 Å². The van der Waals surface area contributed by atoms with Crippen LogP contribution in [-0.4, -0.2) is 22.6 Å². The van der Waals surface area contributed by atoms with E-state index in [4.69, 9.17) is 0 Å². The second-order valence-electron chi connectivity index (χ2n) is 11.8. The molecule has 0 amide bonds. The predicted octanol–water partition coefficient (Wildman–Crippen LogP) is 9.90. The Morgan fingerprint density at radius 2 is 1.02 bits per heavy atom. The molecule has 3 rings (SSSR count). The van der Waals surface area contributed by atoms with Crippen LogP contribution >= 0.6 is 17.0 Å². The van der Waals surface area contributed by atoms with Gasteiger partial charge >= 0.3 is 5.97 Å². The van der Waals surface area contributed by atoms with Crippen molar-refractivity contribution in [2.45, 2.75) is 115 Å². The van der Waals surface area contributed by atoms with Crippen molar-refractivity contribution >= 4 is 34.5 Å². The van der Waals surface area contributed by atoms with Crippen molar-refractivity contribution in [3.8, 4) is 0 Å². The second-order valence-corrected chi connectivity index (χ2v) is 11.8. The summed E-state index contributed by atoms with van der Waals surface area (Å²) in [5.74, 6) is -1.18. The molecule has 1 unspecified atom stereocenters. The maximum absolute atomic E-state index is 13.1. The van der Waals surface area contributed by atoms with Crippen LogP contribution in [0.15, 0.2) is 85.2 Å². The Labute approximate surface area is 274 Å². The maximum atomic E-state index is 13.1. The first-order chi connectivity index (χ1) is 21.0. The van der Waals surface area contributed by atoms with Gasteiger partial charge in [-0.05, 0) is 17.9 Å². The van der Waals surface area contributed by atoms with Gasteiger partial charge in [-0.15, -0.1) is 17.0 Å². The monoisotopic (exact) mass is 664 g/mol. The number of hydrogen-bond acceptors (Lipinski definition) is 3. The third-order valence-corrected chi connectivity index (χ3v) is 8.38. The van der Waals surface area contributed by atoms with Crippen molar-refractivity contribution in [3.63, 3.8) is 0 Å². The molecule has 3 aromatic rings. The Hall–Kier alpha value is -3.12. The third kappa shape index (κ3) is 13.3. The lowest BCUT2D eigenvalue weighted by atomic mass is 9.86. The Bertz CT molecular complexity index is 1180. The average molecular weight is 666 g/mol. The summed E-state index contributed by atoms with van der Waals surface area (Å²) in [6, 6.07) is 21.4. The van der Waals surface area contributed by atoms with Crippen molar-refractivity contribution in [2.75, 3.05) is 0 Å². The topological polar surface area (TPSA) is 75.3 Å². The van der Waals surface area contributed by atoms with E-state index >= 15 is 0 Å². The van der Waals surface area contributed by atoms with Gasteiger partial charge in [0, 0.05) is 42.5 Å². The number of carbonyl (C=O) groups is 3. The minimum atomic E-state index is -0.837. The highest BCUT2D eigenvalue weighted by Crippen LogP contribution is 2.27. The highest BCUT2D eigenvalue weighted by molar-refractivity contribution is 8.93. The molecule has 0 spiro atoms. The van der Waals surface area contributed by atoms with Crippen LogP contribution in [0.1, 0.15) is 141 Å². The van der Waals surface area contributed by atoms with Crippen LogP contribution in [0.3, 0.4) is 0 Å². The van der Waals surface area contributed by atoms with Crippen LogP contribution in [-0.2, 0) is 4.79 Å². The molecule has 0 saturated heterocycles. The van der Waals surface area contributed by atoms with E-state index in [0.29, 0.717) is 17.5 Å². The summed E-state index contributed by atoms with van der Waals surface area (Å²) in [6.45, 7) is 2.25. The summed E-state index contributed by atoms with van der Waals surface area (Å²) in [5, 5.41) is 9.96. The molecule has 1 N–H and O–H groups in total. The summed E-state index contributed by atoms with van der Waals surface area (Å²) >= 11 is 0. The molecule has 0 fully saturated rings. The third-order valence-electron chi connectivity index (χ3n) is 8.38.